The number of halogens is 2. The fourth-order valence-electron chi connectivity index (χ4n) is 1.87. The highest BCUT2D eigenvalue weighted by molar-refractivity contribution is 6.34. The van der Waals surface area contributed by atoms with Gasteiger partial charge in [-0.1, -0.05) is 11.6 Å². The van der Waals surface area contributed by atoms with Gasteiger partial charge in [-0.15, -0.1) is 12.4 Å². The summed E-state index contributed by atoms with van der Waals surface area (Å²) in [5.41, 5.74) is 0.838. The highest BCUT2D eigenvalue weighted by Gasteiger charge is 2.21. The quantitative estimate of drug-likeness (QED) is 0.772. The molecule has 1 aromatic rings. The number of hydrogen-bond acceptors (Lipinski definition) is 4. The van der Waals surface area contributed by atoms with E-state index in [-0.39, 0.29) is 30.3 Å². The molecule has 1 atom stereocenters. The largest absolute Gasteiger partial charge is 0.378 e. The monoisotopic (exact) mass is 333 g/mol. The van der Waals surface area contributed by atoms with Crippen molar-refractivity contribution in [3.05, 3.63) is 28.8 Å². The van der Waals surface area contributed by atoms with Crippen molar-refractivity contribution in [3.8, 4) is 0 Å². The van der Waals surface area contributed by atoms with E-state index in [9.17, 15) is 9.59 Å². The topological polar surface area (TPSA) is 79.5 Å². The number of carbonyl (C=O) groups excluding carboxylic acids is 2. The van der Waals surface area contributed by atoms with Crippen LogP contribution in [0.5, 0.6) is 0 Å². The first kappa shape index (κ1) is 17.7. The Morgan fingerprint density at radius 3 is 2.81 bits per heavy atom. The van der Waals surface area contributed by atoms with Gasteiger partial charge in [0.25, 0.3) is 5.91 Å². The Labute approximate surface area is 134 Å². The van der Waals surface area contributed by atoms with Gasteiger partial charge >= 0.3 is 0 Å². The van der Waals surface area contributed by atoms with Crippen molar-refractivity contribution < 1.29 is 14.3 Å². The second-order valence-corrected chi connectivity index (χ2v) is 4.75. The second-order valence-electron chi connectivity index (χ2n) is 4.34. The van der Waals surface area contributed by atoms with E-state index in [2.05, 4.69) is 16.0 Å². The van der Waals surface area contributed by atoms with Crippen LogP contribution in [-0.2, 0) is 9.53 Å². The minimum Gasteiger partial charge on any atom is -0.378 e. The maximum Gasteiger partial charge on any atom is 0.252 e. The molecule has 0 spiro atoms. The maximum absolute atomic E-state index is 12.0. The van der Waals surface area contributed by atoms with E-state index < -0.39 is 0 Å². The van der Waals surface area contributed by atoms with Crippen LogP contribution in [0.2, 0.25) is 5.02 Å². The summed E-state index contributed by atoms with van der Waals surface area (Å²) in [5.74, 6) is -0.500. The number of benzene rings is 1. The zero-order valence-electron chi connectivity index (χ0n) is 11.4. The number of ether oxygens (including phenoxy) is 1. The van der Waals surface area contributed by atoms with Gasteiger partial charge in [0.05, 0.1) is 23.8 Å². The Morgan fingerprint density at radius 2 is 2.19 bits per heavy atom. The molecule has 1 aromatic carbocycles. The molecule has 1 aliphatic heterocycles. The normalized spacial score (nSPS) is 17.5. The second kappa shape index (κ2) is 8.19. The number of hydrogen-bond donors (Lipinski definition) is 3. The summed E-state index contributed by atoms with van der Waals surface area (Å²) in [7, 11) is 1.52. The molecule has 3 N–H and O–H groups in total. The molecule has 0 saturated carbocycles. The molecule has 1 saturated heterocycles. The molecular weight excluding hydrogens is 317 g/mol. The molecule has 0 bridgehead atoms. The van der Waals surface area contributed by atoms with Gasteiger partial charge in [-0.25, -0.2) is 0 Å². The molecule has 0 aromatic heterocycles. The van der Waals surface area contributed by atoms with E-state index in [1.807, 2.05) is 0 Å². The van der Waals surface area contributed by atoms with Crippen LogP contribution in [0.3, 0.4) is 0 Å². The molecule has 6 nitrogen and oxygen atoms in total. The molecule has 8 heteroatoms. The molecule has 1 unspecified atom stereocenters. The van der Waals surface area contributed by atoms with Gasteiger partial charge in [0.1, 0.15) is 6.04 Å². The maximum atomic E-state index is 12.0. The molecule has 0 radical (unpaired) electrons. The van der Waals surface area contributed by atoms with Gasteiger partial charge in [-0.3, -0.25) is 9.59 Å². The molecule has 1 fully saturated rings. The van der Waals surface area contributed by atoms with Crippen molar-refractivity contribution in [1.29, 1.82) is 0 Å². The summed E-state index contributed by atoms with van der Waals surface area (Å²) < 4.78 is 5.23. The molecule has 1 aliphatic rings. The van der Waals surface area contributed by atoms with Crippen LogP contribution in [0, 0.1) is 0 Å². The van der Waals surface area contributed by atoms with Crippen molar-refractivity contribution in [3.63, 3.8) is 0 Å². The van der Waals surface area contributed by atoms with E-state index in [4.69, 9.17) is 16.3 Å². The van der Waals surface area contributed by atoms with Crippen molar-refractivity contribution in [1.82, 2.24) is 10.6 Å². The standard InChI is InChI=1S/C13H16ClN3O3.ClH/c1-15-12(18)9-6-8(2-3-10(9)14)17-13(19)11-7-20-5-4-16-11;/h2-3,6,11,16H,4-5,7H2,1H3,(H,15,18)(H,17,19);1H. The Balaban J connectivity index is 0.00000220. The molecule has 116 valence electrons. The van der Waals surface area contributed by atoms with Gasteiger partial charge in [0.15, 0.2) is 0 Å². The smallest absolute Gasteiger partial charge is 0.252 e. The number of carbonyl (C=O) groups is 2. The zero-order chi connectivity index (χ0) is 14.5. The third-order valence-corrected chi connectivity index (χ3v) is 3.27. The first-order valence-corrected chi connectivity index (χ1v) is 6.63. The lowest BCUT2D eigenvalue weighted by Crippen LogP contribution is -2.48. The molecule has 21 heavy (non-hydrogen) atoms. The van der Waals surface area contributed by atoms with Crippen LogP contribution in [0.15, 0.2) is 18.2 Å². The fourth-order valence-corrected chi connectivity index (χ4v) is 2.08. The van der Waals surface area contributed by atoms with Crippen LogP contribution in [0.4, 0.5) is 5.69 Å². The zero-order valence-corrected chi connectivity index (χ0v) is 13.0. The third kappa shape index (κ3) is 4.57. The number of amides is 2. The predicted octanol–water partition coefficient (Wildman–Crippen LogP) is 1.05. The van der Waals surface area contributed by atoms with Gasteiger partial charge < -0.3 is 20.7 Å². The van der Waals surface area contributed by atoms with Crippen molar-refractivity contribution >= 4 is 41.5 Å². The first-order valence-electron chi connectivity index (χ1n) is 6.25. The van der Waals surface area contributed by atoms with E-state index in [0.717, 1.165) is 0 Å². The lowest BCUT2D eigenvalue weighted by molar-refractivity contribution is -0.120. The van der Waals surface area contributed by atoms with Gasteiger partial charge in [-0.2, -0.15) is 0 Å². The van der Waals surface area contributed by atoms with Crippen LogP contribution in [-0.4, -0.2) is 44.7 Å². The van der Waals surface area contributed by atoms with Gasteiger partial charge in [-0.05, 0) is 18.2 Å². The van der Waals surface area contributed by atoms with Crippen molar-refractivity contribution in [2.24, 2.45) is 0 Å². The average molecular weight is 334 g/mol. The summed E-state index contributed by atoms with van der Waals surface area (Å²) in [6, 6.07) is 4.38. The number of nitrogens with one attached hydrogen (secondary N) is 3. The average Bonchev–Trinajstić information content (AvgIpc) is 2.49. The van der Waals surface area contributed by atoms with Crippen LogP contribution in [0.25, 0.3) is 0 Å². The lowest BCUT2D eigenvalue weighted by atomic mass is 10.1. The number of anilines is 1. The van der Waals surface area contributed by atoms with Crippen molar-refractivity contribution in [2.45, 2.75) is 6.04 Å². The minimum absolute atomic E-state index is 0. The highest BCUT2D eigenvalue weighted by atomic mass is 35.5. The number of rotatable bonds is 3. The lowest BCUT2D eigenvalue weighted by Gasteiger charge is -2.23. The Morgan fingerprint density at radius 1 is 1.43 bits per heavy atom. The van der Waals surface area contributed by atoms with E-state index in [1.54, 1.807) is 18.2 Å². The Hall–Kier alpha value is -1.34. The van der Waals surface area contributed by atoms with E-state index >= 15 is 0 Å². The van der Waals surface area contributed by atoms with E-state index in [1.165, 1.54) is 7.05 Å². The van der Waals surface area contributed by atoms with Gasteiger partial charge in [0, 0.05) is 19.3 Å². The SMILES string of the molecule is CNC(=O)c1cc(NC(=O)C2COCCN2)ccc1Cl.Cl. The summed E-state index contributed by atoms with van der Waals surface area (Å²) in [4.78, 5) is 23.6. The number of morpholine rings is 1. The van der Waals surface area contributed by atoms with Crippen molar-refractivity contribution in [2.75, 3.05) is 32.1 Å². The van der Waals surface area contributed by atoms with E-state index in [0.29, 0.717) is 36.0 Å². The van der Waals surface area contributed by atoms with Crippen LogP contribution in [0.1, 0.15) is 10.4 Å². The Kier molecular flexibility index (Phi) is 6.91. The summed E-state index contributed by atoms with van der Waals surface area (Å²) >= 11 is 5.95. The summed E-state index contributed by atoms with van der Waals surface area (Å²) in [6.07, 6.45) is 0. The van der Waals surface area contributed by atoms with Gasteiger partial charge in [0.2, 0.25) is 5.91 Å². The summed E-state index contributed by atoms with van der Waals surface area (Å²) in [5, 5.41) is 8.63. The molecule has 0 aliphatic carbocycles. The molecular formula is C13H17Cl2N3O3. The Bertz CT molecular complexity index is 519. The molecule has 2 amide bonds. The van der Waals surface area contributed by atoms with Crippen LogP contribution >= 0.6 is 24.0 Å². The third-order valence-electron chi connectivity index (χ3n) is 2.94. The summed E-state index contributed by atoms with van der Waals surface area (Å²) in [6.45, 7) is 1.58. The fraction of sp³-hybridized carbons (Fsp3) is 0.385. The first-order chi connectivity index (χ1) is 9.61. The molecule has 2 rings (SSSR count). The minimum atomic E-state index is -0.386. The molecule has 1 heterocycles. The van der Waals surface area contributed by atoms with Crippen LogP contribution < -0.4 is 16.0 Å². The predicted molar refractivity (Wildman–Crippen MR) is 83.3 cm³/mol. The highest BCUT2D eigenvalue weighted by Crippen LogP contribution is 2.20.